The number of ketones is 1. The number of aromatic nitrogens is 2. The number of carbonyl (C=O) groups is 1. The van der Waals surface area contributed by atoms with Gasteiger partial charge in [-0.25, -0.2) is 4.98 Å². The minimum absolute atomic E-state index is 0.0898. The normalized spacial score (nSPS) is 25.7. The molecular weight excluding hydrogens is 502 g/mol. The summed E-state index contributed by atoms with van der Waals surface area (Å²) in [6, 6.07) is 5.66. The zero-order chi connectivity index (χ0) is 27.0. The second-order valence-electron chi connectivity index (χ2n) is 12.7. The number of piperazine rings is 1. The van der Waals surface area contributed by atoms with E-state index >= 15 is 0 Å². The van der Waals surface area contributed by atoms with E-state index in [1.165, 1.54) is 0 Å². The second-order valence-corrected chi connectivity index (χ2v) is 18.7. The number of benzene rings is 1. The van der Waals surface area contributed by atoms with Gasteiger partial charge in [-0.05, 0) is 57.3 Å². The zero-order valence-corrected chi connectivity index (χ0v) is 25.4. The van der Waals surface area contributed by atoms with E-state index in [0.717, 1.165) is 74.6 Å². The fourth-order valence-corrected chi connectivity index (χ4v) is 6.67. The molecule has 37 heavy (non-hydrogen) atoms. The van der Waals surface area contributed by atoms with Crippen LogP contribution in [0.15, 0.2) is 12.1 Å². The first-order chi connectivity index (χ1) is 17.4. The summed E-state index contributed by atoms with van der Waals surface area (Å²) in [5.41, 5.74) is 8.38. The molecule has 7 nitrogen and oxygen atoms in total. The van der Waals surface area contributed by atoms with Gasteiger partial charge in [-0.15, -0.1) is 0 Å². The Morgan fingerprint density at radius 2 is 1.95 bits per heavy atom. The molecule has 1 aliphatic carbocycles. The van der Waals surface area contributed by atoms with Crippen LogP contribution in [-0.2, 0) is 11.5 Å². The van der Waals surface area contributed by atoms with Crippen molar-refractivity contribution in [2.45, 2.75) is 91.0 Å². The molecule has 1 unspecified atom stereocenters. The van der Waals surface area contributed by atoms with Gasteiger partial charge in [-0.1, -0.05) is 45.1 Å². The minimum Gasteiger partial charge on any atom is -0.365 e. The molecule has 1 aromatic carbocycles. The molecule has 0 radical (unpaired) electrons. The number of fused-ring (bicyclic) bond motifs is 1. The van der Waals surface area contributed by atoms with Crippen LogP contribution < -0.4 is 10.6 Å². The number of nitrogens with two attached hydrogens (primary N) is 1. The van der Waals surface area contributed by atoms with Crippen molar-refractivity contribution in [3.63, 3.8) is 0 Å². The molecule has 2 aromatic rings. The molecular formula is C28H46ClN5O2Si. The molecule has 1 aliphatic heterocycles. The lowest BCUT2D eigenvalue weighted by atomic mass is 9.71. The van der Waals surface area contributed by atoms with Gasteiger partial charge in [-0.2, -0.15) is 0 Å². The lowest BCUT2D eigenvalue weighted by Gasteiger charge is -2.41. The number of likely N-dealkylation sites (N-methyl/N-ethyl adjacent to an activating group) is 1. The maximum atomic E-state index is 14.0. The summed E-state index contributed by atoms with van der Waals surface area (Å²) >= 11 is 6.85. The van der Waals surface area contributed by atoms with Crippen molar-refractivity contribution in [3.05, 3.63) is 23.0 Å². The number of nitrogens with zero attached hydrogens (tertiary/aromatic N) is 4. The largest absolute Gasteiger partial charge is 0.365 e. The van der Waals surface area contributed by atoms with Crippen LogP contribution in [0.3, 0.4) is 0 Å². The number of carbonyl (C=O) groups excluding carboxylic acids is 1. The Bertz CT molecular complexity index is 1110. The second kappa shape index (κ2) is 11.3. The monoisotopic (exact) mass is 547 g/mol. The van der Waals surface area contributed by atoms with E-state index in [2.05, 4.69) is 56.3 Å². The van der Waals surface area contributed by atoms with Gasteiger partial charge in [0, 0.05) is 51.8 Å². The molecule has 1 saturated carbocycles. The van der Waals surface area contributed by atoms with E-state index in [4.69, 9.17) is 27.1 Å². The highest BCUT2D eigenvalue weighted by molar-refractivity contribution is 6.76. The number of Topliss-reactive ketones (excluding diaryl/α,β-unsaturated/α-hetero) is 1. The van der Waals surface area contributed by atoms with Gasteiger partial charge in [-0.3, -0.25) is 14.3 Å². The van der Waals surface area contributed by atoms with Gasteiger partial charge >= 0.3 is 0 Å². The Hall–Kier alpha value is -1.45. The molecule has 0 amide bonds. The van der Waals surface area contributed by atoms with E-state index in [0.29, 0.717) is 30.2 Å². The summed E-state index contributed by atoms with van der Waals surface area (Å²) in [4.78, 5) is 23.7. The van der Waals surface area contributed by atoms with Crippen LogP contribution >= 0.6 is 11.6 Å². The average molecular weight is 548 g/mol. The van der Waals surface area contributed by atoms with Crippen LogP contribution in [0, 0.1) is 5.41 Å². The quantitative estimate of drug-likeness (QED) is 0.249. The number of hydrogen-bond donors (Lipinski definition) is 1. The number of anilines is 1. The van der Waals surface area contributed by atoms with E-state index < -0.39 is 13.5 Å². The molecule has 2 heterocycles. The number of imidazole rings is 1. The van der Waals surface area contributed by atoms with E-state index in [1.807, 2.05) is 10.6 Å². The average Bonchev–Trinajstić information content (AvgIpc) is 3.19. The predicted molar refractivity (Wildman–Crippen MR) is 157 cm³/mol. The highest BCUT2D eigenvalue weighted by atomic mass is 35.5. The minimum atomic E-state index is -1.23. The lowest BCUT2D eigenvalue weighted by Crippen LogP contribution is -2.51. The molecule has 1 aromatic heterocycles. The van der Waals surface area contributed by atoms with E-state index in [-0.39, 0.29) is 11.8 Å². The Balaban J connectivity index is 1.70. The standard InChI is InChI=1S/C28H46ClN5O2Si/c1-7-32-12-13-33(20(2)18-32)24-17-25-23(16-22(24)29)31-27(34(25)19-36-14-15-37(4,5)6)26(35)28(3)10-8-21(30)9-11-28/h16-17,20-21H,7-15,18-19,30H2,1-6H3. The van der Waals surface area contributed by atoms with Crippen molar-refractivity contribution in [2.24, 2.45) is 11.1 Å². The maximum absolute atomic E-state index is 14.0. The topological polar surface area (TPSA) is 76.6 Å². The first-order valence-electron chi connectivity index (χ1n) is 14.0. The Morgan fingerprint density at radius 1 is 1.24 bits per heavy atom. The zero-order valence-electron chi connectivity index (χ0n) is 23.6. The molecule has 1 saturated heterocycles. The third-order valence-corrected chi connectivity index (χ3v) is 10.4. The number of halogens is 1. The fourth-order valence-electron chi connectivity index (χ4n) is 5.65. The van der Waals surface area contributed by atoms with Gasteiger partial charge in [0.1, 0.15) is 6.73 Å². The molecule has 0 bridgehead atoms. The van der Waals surface area contributed by atoms with Crippen molar-refractivity contribution in [1.82, 2.24) is 14.5 Å². The highest BCUT2D eigenvalue weighted by Gasteiger charge is 2.40. The fraction of sp³-hybridized carbons (Fsp3) is 0.714. The van der Waals surface area contributed by atoms with E-state index in [1.54, 1.807) is 0 Å². The van der Waals surface area contributed by atoms with Crippen LogP contribution in [0.5, 0.6) is 0 Å². The summed E-state index contributed by atoms with van der Waals surface area (Å²) in [5, 5.41) is 0.683. The Kier molecular flexibility index (Phi) is 8.75. The van der Waals surface area contributed by atoms with E-state index in [9.17, 15) is 4.79 Å². The van der Waals surface area contributed by atoms with Crippen LogP contribution in [0.25, 0.3) is 11.0 Å². The van der Waals surface area contributed by atoms with Crippen LogP contribution in [0.2, 0.25) is 30.7 Å². The summed E-state index contributed by atoms with van der Waals surface area (Å²) in [6.45, 7) is 18.6. The summed E-state index contributed by atoms with van der Waals surface area (Å²) < 4.78 is 8.18. The third-order valence-electron chi connectivity index (χ3n) is 8.39. The molecule has 2 N–H and O–H groups in total. The number of ether oxygens (including phenoxy) is 1. The van der Waals surface area contributed by atoms with Crippen molar-refractivity contribution in [3.8, 4) is 0 Å². The molecule has 1 atom stereocenters. The highest BCUT2D eigenvalue weighted by Crippen LogP contribution is 2.40. The summed E-state index contributed by atoms with van der Waals surface area (Å²) in [5.74, 6) is 0.574. The van der Waals surface area contributed by atoms with Crippen LogP contribution in [0.1, 0.15) is 57.1 Å². The first kappa shape index (κ1) is 28.6. The molecule has 0 spiro atoms. The number of hydrogen-bond acceptors (Lipinski definition) is 6. The van der Waals surface area contributed by atoms with Crippen molar-refractivity contribution in [2.75, 3.05) is 37.7 Å². The summed E-state index contributed by atoms with van der Waals surface area (Å²) in [6.07, 6.45) is 3.31. The SMILES string of the molecule is CCN1CCN(c2cc3c(cc2Cl)nc(C(=O)C2(C)CCC(N)CC2)n3COCC[Si](C)(C)C)C(C)C1. The molecule has 9 heteroatoms. The Morgan fingerprint density at radius 3 is 2.57 bits per heavy atom. The van der Waals surface area contributed by atoms with Crippen molar-refractivity contribution >= 4 is 42.2 Å². The molecule has 2 aliphatic rings. The molecule has 2 fully saturated rings. The van der Waals surface area contributed by atoms with Crippen molar-refractivity contribution < 1.29 is 9.53 Å². The lowest BCUT2D eigenvalue weighted by molar-refractivity contribution is 0.0661. The van der Waals surface area contributed by atoms with Crippen LogP contribution in [0.4, 0.5) is 5.69 Å². The third kappa shape index (κ3) is 6.41. The van der Waals surface area contributed by atoms with Gasteiger partial charge in [0.05, 0.1) is 21.7 Å². The van der Waals surface area contributed by atoms with Crippen molar-refractivity contribution in [1.29, 1.82) is 0 Å². The van der Waals surface area contributed by atoms with Gasteiger partial charge < -0.3 is 15.4 Å². The smallest absolute Gasteiger partial charge is 0.204 e. The van der Waals surface area contributed by atoms with Crippen LogP contribution in [-0.4, -0.2) is 73.2 Å². The molecule has 206 valence electrons. The number of rotatable bonds is 9. The first-order valence-corrected chi connectivity index (χ1v) is 18.1. The molecule has 4 rings (SSSR count). The predicted octanol–water partition coefficient (Wildman–Crippen LogP) is 5.62. The summed E-state index contributed by atoms with van der Waals surface area (Å²) in [7, 11) is -1.23. The Labute approximate surface area is 228 Å². The van der Waals surface area contributed by atoms with Gasteiger partial charge in [0.15, 0.2) is 5.82 Å². The van der Waals surface area contributed by atoms with Gasteiger partial charge in [0.2, 0.25) is 5.78 Å². The maximum Gasteiger partial charge on any atom is 0.204 e. The van der Waals surface area contributed by atoms with Gasteiger partial charge in [0.25, 0.3) is 0 Å².